The minimum absolute atomic E-state index is 0.252. The lowest BCUT2D eigenvalue weighted by Crippen LogP contribution is -2.41. The van der Waals surface area contributed by atoms with Crippen LogP contribution >= 0.6 is 11.3 Å². The molecule has 0 atom stereocenters. The molecule has 4 nitrogen and oxygen atoms in total. The van der Waals surface area contributed by atoms with Crippen LogP contribution in [0.2, 0.25) is 6.32 Å². The summed E-state index contributed by atoms with van der Waals surface area (Å²) in [7, 11) is -0.378. The molecule has 0 saturated carbocycles. The fourth-order valence-corrected chi connectivity index (χ4v) is 3.87. The predicted molar refractivity (Wildman–Crippen MR) is 107 cm³/mol. The zero-order valence-electron chi connectivity index (χ0n) is 16.0. The Bertz CT molecular complexity index is 788. The monoisotopic (exact) mass is 372 g/mol. The van der Waals surface area contributed by atoms with Crippen LogP contribution in [0.3, 0.4) is 0 Å². The third-order valence-corrected chi connectivity index (χ3v) is 6.24. The summed E-state index contributed by atoms with van der Waals surface area (Å²) in [6.07, 6.45) is 2.42. The molecule has 0 radical (unpaired) electrons. The van der Waals surface area contributed by atoms with E-state index in [2.05, 4.69) is 18.2 Å². The van der Waals surface area contributed by atoms with Gasteiger partial charge in [-0.3, -0.25) is 4.79 Å². The van der Waals surface area contributed by atoms with Crippen molar-refractivity contribution in [3.8, 4) is 0 Å². The van der Waals surface area contributed by atoms with E-state index in [1.165, 1.54) is 10.1 Å². The zero-order valence-corrected chi connectivity index (χ0v) is 16.8. The van der Waals surface area contributed by atoms with Crippen LogP contribution in [0.1, 0.15) is 45.9 Å². The highest BCUT2D eigenvalue weighted by Crippen LogP contribution is 2.41. The van der Waals surface area contributed by atoms with Gasteiger partial charge in [-0.15, -0.1) is 11.3 Å². The molecule has 1 aliphatic heterocycles. The fourth-order valence-electron chi connectivity index (χ4n) is 2.80. The van der Waals surface area contributed by atoms with E-state index in [1.54, 1.807) is 24.5 Å². The molecule has 138 valence electrons. The average molecular weight is 372 g/mol. The summed E-state index contributed by atoms with van der Waals surface area (Å²) >= 11 is 1.68. The molecular formula is C20H25BO4S. The Morgan fingerprint density at radius 2 is 1.85 bits per heavy atom. The molecule has 1 fully saturated rings. The summed E-state index contributed by atoms with van der Waals surface area (Å²) in [5, 5.41) is 1.18. The molecule has 0 spiro atoms. The van der Waals surface area contributed by atoms with Gasteiger partial charge in [-0.25, -0.2) is 0 Å². The second kappa shape index (κ2) is 7.18. The van der Waals surface area contributed by atoms with Gasteiger partial charge in [0.25, 0.3) is 0 Å². The zero-order chi connectivity index (χ0) is 18.9. The van der Waals surface area contributed by atoms with Crippen LogP contribution in [-0.4, -0.2) is 24.3 Å². The first-order valence-corrected chi connectivity index (χ1v) is 9.76. The van der Waals surface area contributed by atoms with Gasteiger partial charge in [0.1, 0.15) is 0 Å². The highest BCUT2D eigenvalue weighted by Gasteiger charge is 2.51. The van der Waals surface area contributed by atoms with Crippen molar-refractivity contribution in [2.75, 3.05) is 0 Å². The van der Waals surface area contributed by atoms with Crippen molar-refractivity contribution in [3.05, 3.63) is 41.5 Å². The SMILES string of the molecule is CCC(=O)O/C=C(\CB1OC(C)(C)C(C)(C)O1)c1cc2ccccc2s1. The normalized spacial score (nSPS) is 19.1. The van der Waals surface area contributed by atoms with Crippen molar-refractivity contribution in [1.82, 2.24) is 0 Å². The van der Waals surface area contributed by atoms with Crippen LogP contribution in [0.25, 0.3) is 15.7 Å². The highest BCUT2D eigenvalue weighted by atomic mass is 32.1. The Morgan fingerprint density at radius 3 is 2.46 bits per heavy atom. The van der Waals surface area contributed by atoms with Gasteiger partial charge in [0.15, 0.2) is 0 Å². The molecule has 2 heterocycles. The minimum atomic E-state index is -0.386. The number of ether oxygens (including phenoxy) is 1. The van der Waals surface area contributed by atoms with E-state index in [-0.39, 0.29) is 24.3 Å². The lowest BCUT2D eigenvalue weighted by Gasteiger charge is -2.32. The van der Waals surface area contributed by atoms with Gasteiger partial charge >= 0.3 is 13.1 Å². The summed E-state index contributed by atoms with van der Waals surface area (Å²) < 4.78 is 18.8. The standard InChI is InChI=1S/C20H25BO4S/c1-6-18(22)23-13-15(12-21-24-19(2,3)20(4,5)25-21)17-11-14-9-7-8-10-16(14)26-17/h7-11,13H,6,12H2,1-5H3/b15-13+. The Kier molecular flexibility index (Phi) is 5.29. The molecule has 0 N–H and O–H groups in total. The number of carbonyl (C=O) groups excluding carboxylic acids is 1. The smallest absolute Gasteiger partial charge is 0.434 e. The van der Waals surface area contributed by atoms with Crippen LogP contribution in [0.15, 0.2) is 36.6 Å². The number of benzene rings is 1. The van der Waals surface area contributed by atoms with Crippen molar-refractivity contribution >= 4 is 40.1 Å². The maximum absolute atomic E-state index is 11.6. The van der Waals surface area contributed by atoms with Crippen molar-refractivity contribution in [2.24, 2.45) is 0 Å². The summed E-state index contributed by atoms with van der Waals surface area (Å²) in [5.41, 5.74) is 0.137. The summed E-state index contributed by atoms with van der Waals surface area (Å²) in [4.78, 5) is 12.7. The van der Waals surface area contributed by atoms with E-state index in [0.29, 0.717) is 12.7 Å². The van der Waals surface area contributed by atoms with Gasteiger partial charge in [-0.05, 0) is 45.2 Å². The van der Waals surface area contributed by atoms with E-state index in [9.17, 15) is 4.79 Å². The summed E-state index contributed by atoms with van der Waals surface area (Å²) in [6, 6.07) is 10.3. The van der Waals surface area contributed by atoms with Crippen LogP contribution in [0.5, 0.6) is 0 Å². The number of hydrogen-bond acceptors (Lipinski definition) is 5. The maximum Gasteiger partial charge on any atom is 0.462 e. The molecule has 0 bridgehead atoms. The molecule has 3 rings (SSSR count). The Hall–Kier alpha value is -1.63. The van der Waals surface area contributed by atoms with Gasteiger partial charge in [0.2, 0.25) is 0 Å². The molecule has 0 amide bonds. The second-order valence-electron chi connectivity index (χ2n) is 7.52. The third kappa shape index (κ3) is 3.87. The molecule has 26 heavy (non-hydrogen) atoms. The quantitative estimate of drug-likeness (QED) is 0.407. The molecule has 1 aromatic heterocycles. The van der Waals surface area contributed by atoms with Crippen LogP contribution in [0.4, 0.5) is 0 Å². The van der Waals surface area contributed by atoms with Crippen LogP contribution in [0, 0.1) is 0 Å². The number of esters is 1. The number of thiophene rings is 1. The van der Waals surface area contributed by atoms with Gasteiger partial charge in [0.05, 0.1) is 17.5 Å². The number of hydrogen-bond donors (Lipinski definition) is 0. The third-order valence-electron chi connectivity index (χ3n) is 5.05. The van der Waals surface area contributed by atoms with Crippen LogP contribution in [-0.2, 0) is 18.8 Å². The predicted octanol–water partition coefficient (Wildman–Crippen LogP) is 5.29. The highest BCUT2D eigenvalue weighted by molar-refractivity contribution is 7.20. The minimum Gasteiger partial charge on any atom is -0.434 e. The molecule has 1 saturated heterocycles. The first-order chi connectivity index (χ1) is 12.2. The Balaban J connectivity index is 1.88. The topological polar surface area (TPSA) is 44.8 Å². The first kappa shape index (κ1) is 19.1. The van der Waals surface area contributed by atoms with E-state index in [1.807, 2.05) is 39.8 Å². The molecule has 2 aromatic rings. The van der Waals surface area contributed by atoms with Crippen molar-refractivity contribution in [2.45, 2.75) is 58.6 Å². The molecule has 1 aromatic carbocycles. The molecule has 6 heteroatoms. The second-order valence-corrected chi connectivity index (χ2v) is 8.61. The van der Waals surface area contributed by atoms with E-state index in [4.69, 9.17) is 14.0 Å². The first-order valence-electron chi connectivity index (χ1n) is 8.95. The number of rotatable bonds is 5. The summed E-state index contributed by atoms with van der Waals surface area (Å²) in [5.74, 6) is -0.252. The van der Waals surface area contributed by atoms with Gasteiger partial charge in [0, 0.05) is 27.9 Å². The maximum atomic E-state index is 11.6. The summed E-state index contributed by atoms with van der Waals surface area (Å²) in [6.45, 7) is 9.92. The van der Waals surface area contributed by atoms with E-state index in [0.717, 1.165) is 10.5 Å². The van der Waals surface area contributed by atoms with Gasteiger partial charge in [-0.1, -0.05) is 25.1 Å². The molecule has 1 aliphatic rings. The number of allylic oxidation sites excluding steroid dienone is 1. The number of fused-ring (bicyclic) bond motifs is 1. The lowest BCUT2D eigenvalue weighted by atomic mass is 9.80. The Labute approximate surface area is 159 Å². The van der Waals surface area contributed by atoms with E-state index >= 15 is 0 Å². The largest absolute Gasteiger partial charge is 0.462 e. The lowest BCUT2D eigenvalue weighted by molar-refractivity contribution is -0.137. The Morgan fingerprint density at radius 1 is 1.19 bits per heavy atom. The van der Waals surface area contributed by atoms with Crippen molar-refractivity contribution < 1.29 is 18.8 Å². The molecule has 0 aliphatic carbocycles. The fraction of sp³-hybridized carbons (Fsp3) is 0.450. The van der Waals surface area contributed by atoms with Crippen molar-refractivity contribution in [1.29, 1.82) is 0 Å². The van der Waals surface area contributed by atoms with Crippen molar-refractivity contribution in [3.63, 3.8) is 0 Å². The average Bonchev–Trinajstić information content (AvgIpc) is 3.08. The molecular weight excluding hydrogens is 347 g/mol. The van der Waals surface area contributed by atoms with Gasteiger partial charge in [-0.2, -0.15) is 0 Å². The van der Waals surface area contributed by atoms with Gasteiger partial charge < -0.3 is 14.0 Å². The number of carbonyl (C=O) groups is 1. The molecule has 0 unspecified atom stereocenters. The van der Waals surface area contributed by atoms with Crippen LogP contribution < -0.4 is 0 Å². The van der Waals surface area contributed by atoms with E-state index < -0.39 is 0 Å².